The van der Waals surface area contributed by atoms with Gasteiger partial charge in [0.1, 0.15) is 6.54 Å². The summed E-state index contributed by atoms with van der Waals surface area (Å²) in [5.41, 5.74) is 0. The van der Waals surface area contributed by atoms with E-state index in [1.165, 1.54) is 12.8 Å². The summed E-state index contributed by atoms with van der Waals surface area (Å²) >= 11 is 0. The third-order valence-corrected chi connectivity index (χ3v) is 3.91. The number of nitrogens with zero attached hydrogens (tertiary/aromatic N) is 2. The van der Waals surface area contributed by atoms with Gasteiger partial charge in [-0.15, -0.1) is 0 Å². The Balaban J connectivity index is 2.69. The molecule has 0 unspecified atom stereocenters. The molecule has 0 N–H and O–H groups in total. The molecule has 1 saturated carbocycles. The van der Waals surface area contributed by atoms with Crippen LogP contribution in [0.2, 0.25) is 0 Å². The third-order valence-electron chi connectivity index (χ3n) is 3.91. The number of carbonyl (C=O) groups is 1. The number of carbonyl (C=O) groups excluding carboxylic acids is 1. The molecular weight excluding hydrogens is 224 g/mol. The van der Waals surface area contributed by atoms with Gasteiger partial charge in [0.2, 0.25) is 5.91 Å². The minimum atomic E-state index is 0.133. The largest absolute Gasteiger partial charge is 0.326 e. The van der Waals surface area contributed by atoms with E-state index >= 15 is 0 Å². The Bertz CT molecular complexity index is 283. The molecule has 0 atom stereocenters. The summed E-state index contributed by atoms with van der Waals surface area (Å²) in [7, 11) is 0. The average Bonchev–Trinajstić information content (AvgIpc) is 2.88. The van der Waals surface area contributed by atoms with Gasteiger partial charge in [0.15, 0.2) is 0 Å². The van der Waals surface area contributed by atoms with Crippen molar-refractivity contribution in [1.82, 2.24) is 4.90 Å². The Kier molecular flexibility index (Phi) is 6.78. The SMILES string of the molecule is CCCC(CCC)C(=O)N(CC#N)C1CCCC1. The first-order chi connectivity index (χ1) is 8.74. The van der Waals surface area contributed by atoms with Crippen molar-refractivity contribution in [1.29, 1.82) is 5.26 Å². The molecule has 1 amide bonds. The van der Waals surface area contributed by atoms with Gasteiger partial charge in [0, 0.05) is 12.0 Å². The van der Waals surface area contributed by atoms with Gasteiger partial charge < -0.3 is 4.90 Å². The summed E-state index contributed by atoms with van der Waals surface area (Å²) in [5, 5.41) is 8.94. The monoisotopic (exact) mass is 250 g/mol. The predicted molar refractivity (Wildman–Crippen MR) is 72.9 cm³/mol. The Hall–Kier alpha value is -1.04. The van der Waals surface area contributed by atoms with Crippen LogP contribution in [0.1, 0.15) is 65.2 Å². The van der Waals surface area contributed by atoms with Crippen LogP contribution in [0.15, 0.2) is 0 Å². The van der Waals surface area contributed by atoms with Crippen LogP contribution >= 0.6 is 0 Å². The van der Waals surface area contributed by atoms with Gasteiger partial charge in [-0.3, -0.25) is 4.79 Å². The highest BCUT2D eigenvalue weighted by Gasteiger charge is 2.30. The lowest BCUT2D eigenvalue weighted by Crippen LogP contribution is -2.42. The van der Waals surface area contributed by atoms with Crippen LogP contribution in [0.25, 0.3) is 0 Å². The molecular formula is C15H26N2O. The summed E-state index contributed by atoms with van der Waals surface area (Å²) in [6.07, 6.45) is 8.57. The number of rotatable bonds is 7. The van der Waals surface area contributed by atoms with Crippen LogP contribution in [0, 0.1) is 17.2 Å². The molecule has 0 bridgehead atoms. The van der Waals surface area contributed by atoms with Crippen molar-refractivity contribution in [3.63, 3.8) is 0 Å². The molecule has 18 heavy (non-hydrogen) atoms. The molecule has 0 saturated heterocycles. The third kappa shape index (κ3) is 4.01. The van der Waals surface area contributed by atoms with Gasteiger partial charge in [0.25, 0.3) is 0 Å². The Morgan fingerprint density at radius 3 is 2.28 bits per heavy atom. The molecule has 1 aliphatic carbocycles. The summed E-state index contributed by atoms with van der Waals surface area (Å²) in [6.45, 7) is 4.52. The van der Waals surface area contributed by atoms with Gasteiger partial charge in [-0.1, -0.05) is 39.5 Å². The molecule has 1 fully saturated rings. The molecule has 0 aromatic carbocycles. The Morgan fingerprint density at radius 1 is 1.28 bits per heavy atom. The quantitative estimate of drug-likeness (QED) is 0.649. The van der Waals surface area contributed by atoms with E-state index in [-0.39, 0.29) is 18.4 Å². The van der Waals surface area contributed by atoms with Gasteiger partial charge in [-0.05, 0) is 25.7 Å². The van der Waals surface area contributed by atoms with Crippen LogP contribution in [0.4, 0.5) is 0 Å². The van der Waals surface area contributed by atoms with Crippen molar-refractivity contribution < 1.29 is 4.79 Å². The lowest BCUT2D eigenvalue weighted by atomic mass is 9.95. The molecule has 0 radical (unpaired) electrons. The number of nitriles is 1. The van der Waals surface area contributed by atoms with E-state index in [0.29, 0.717) is 6.04 Å². The number of hydrogen-bond donors (Lipinski definition) is 0. The van der Waals surface area contributed by atoms with Crippen LogP contribution < -0.4 is 0 Å². The van der Waals surface area contributed by atoms with Crippen molar-refractivity contribution >= 4 is 5.91 Å². The molecule has 0 aromatic heterocycles. The summed E-state index contributed by atoms with van der Waals surface area (Å²) in [4.78, 5) is 14.4. The fraction of sp³-hybridized carbons (Fsp3) is 0.867. The van der Waals surface area contributed by atoms with Crippen molar-refractivity contribution in [2.75, 3.05) is 6.54 Å². The minimum absolute atomic E-state index is 0.133. The van der Waals surface area contributed by atoms with E-state index in [4.69, 9.17) is 5.26 Å². The smallest absolute Gasteiger partial charge is 0.226 e. The maximum atomic E-state index is 12.6. The van der Waals surface area contributed by atoms with E-state index in [2.05, 4.69) is 19.9 Å². The summed E-state index contributed by atoms with van der Waals surface area (Å²) in [5.74, 6) is 0.362. The lowest BCUT2D eigenvalue weighted by Gasteiger charge is -2.30. The normalized spacial score (nSPS) is 15.9. The molecule has 0 spiro atoms. The molecule has 1 rings (SSSR count). The first-order valence-electron chi connectivity index (χ1n) is 7.42. The molecule has 0 heterocycles. The number of amides is 1. The highest BCUT2D eigenvalue weighted by molar-refractivity contribution is 5.79. The Morgan fingerprint density at radius 2 is 1.83 bits per heavy atom. The topological polar surface area (TPSA) is 44.1 Å². The zero-order valence-corrected chi connectivity index (χ0v) is 11.8. The minimum Gasteiger partial charge on any atom is -0.326 e. The van der Waals surface area contributed by atoms with Gasteiger partial charge in [-0.2, -0.15) is 5.26 Å². The van der Waals surface area contributed by atoms with E-state index in [0.717, 1.165) is 38.5 Å². The first-order valence-corrected chi connectivity index (χ1v) is 7.42. The second kappa shape index (κ2) is 8.13. The van der Waals surface area contributed by atoms with Crippen LogP contribution in [-0.4, -0.2) is 23.4 Å². The van der Waals surface area contributed by atoms with Crippen LogP contribution in [0.5, 0.6) is 0 Å². The molecule has 1 aliphatic rings. The van der Waals surface area contributed by atoms with E-state index in [9.17, 15) is 4.79 Å². The highest BCUT2D eigenvalue weighted by atomic mass is 16.2. The first kappa shape index (κ1) is 15.0. The maximum Gasteiger partial charge on any atom is 0.226 e. The van der Waals surface area contributed by atoms with Gasteiger partial charge >= 0.3 is 0 Å². The number of hydrogen-bond acceptors (Lipinski definition) is 2. The average molecular weight is 250 g/mol. The zero-order chi connectivity index (χ0) is 13.4. The molecule has 0 aromatic rings. The summed E-state index contributed by atoms with van der Waals surface area (Å²) < 4.78 is 0. The molecule has 3 heteroatoms. The fourth-order valence-corrected chi connectivity index (χ4v) is 3.00. The van der Waals surface area contributed by atoms with Crippen LogP contribution in [-0.2, 0) is 4.79 Å². The van der Waals surface area contributed by atoms with Gasteiger partial charge in [-0.25, -0.2) is 0 Å². The van der Waals surface area contributed by atoms with Crippen molar-refractivity contribution in [2.45, 2.75) is 71.3 Å². The van der Waals surface area contributed by atoms with Crippen molar-refractivity contribution in [3.05, 3.63) is 0 Å². The maximum absolute atomic E-state index is 12.6. The van der Waals surface area contributed by atoms with Crippen molar-refractivity contribution in [2.24, 2.45) is 5.92 Å². The van der Waals surface area contributed by atoms with Crippen LogP contribution in [0.3, 0.4) is 0 Å². The lowest BCUT2D eigenvalue weighted by molar-refractivity contribution is -0.137. The molecule has 3 nitrogen and oxygen atoms in total. The van der Waals surface area contributed by atoms with Gasteiger partial charge in [0.05, 0.1) is 6.07 Å². The Labute approximate surface area is 111 Å². The zero-order valence-electron chi connectivity index (χ0n) is 11.8. The molecule has 102 valence electrons. The van der Waals surface area contributed by atoms with Crippen molar-refractivity contribution in [3.8, 4) is 6.07 Å². The van der Waals surface area contributed by atoms with E-state index in [1.54, 1.807) is 0 Å². The fourth-order valence-electron chi connectivity index (χ4n) is 3.00. The summed E-state index contributed by atoms with van der Waals surface area (Å²) in [6, 6.07) is 2.50. The highest BCUT2D eigenvalue weighted by Crippen LogP contribution is 2.26. The second-order valence-electron chi connectivity index (χ2n) is 5.34. The molecule has 0 aliphatic heterocycles. The second-order valence-corrected chi connectivity index (χ2v) is 5.34. The van der Waals surface area contributed by atoms with E-state index in [1.807, 2.05) is 4.90 Å². The van der Waals surface area contributed by atoms with E-state index < -0.39 is 0 Å². The predicted octanol–water partition coefficient (Wildman–Crippen LogP) is 3.50. The standard InChI is InChI=1S/C15H26N2O/c1-3-7-13(8-4-2)15(18)17(12-11-16)14-9-5-6-10-14/h13-14H,3-10,12H2,1-2H3.